The summed E-state index contributed by atoms with van der Waals surface area (Å²) >= 11 is 0. The maximum absolute atomic E-state index is 11.9. The molecule has 0 radical (unpaired) electrons. The largest absolute Gasteiger partial charge is 0.381 e. The van der Waals surface area contributed by atoms with Crippen LogP contribution in [0, 0.1) is 10.8 Å². The van der Waals surface area contributed by atoms with Crippen LogP contribution in [0.1, 0.15) is 47.0 Å². The molecule has 1 spiro atoms. The fraction of sp³-hybridized carbons (Fsp3) is 0.889. The van der Waals surface area contributed by atoms with E-state index in [2.05, 4.69) is 22.5 Å². The Labute approximate surface area is 169 Å². The molecule has 1 amide bonds. The summed E-state index contributed by atoms with van der Waals surface area (Å²) < 4.78 is 5.52. The summed E-state index contributed by atoms with van der Waals surface area (Å²) in [4.78, 5) is 19.0. The smallest absolute Gasteiger partial charge is 0.225 e. The third kappa shape index (κ3) is 6.58. The number of ether oxygens (including phenoxy) is 1. The zero-order chi connectivity index (χ0) is 17.6. The Hall–Kier alpha value is -0.570. The Bertz CT molecular complexity index is 456. The number of amides is 1. The molecule has 25 heavy (non-hydrogen) atoms. The van der Waals surface area contributed by atoms with Crippen LogP contribution in [0.5, 0.6) is 0 Å². The van der Waals surface area contributed by atoms with E-state index in [0.29, 0.717) is 18.5 Å². The van der Waals surface area contributed by atoms with Gasteiger partial charge in [0.1, 0.15) is 0 Å². The minimum Gasteiger partial charge on any atom is -0.381 e. The molecule has 0 bridgehead atoms. The van der Waals surface area contributed by atoms with Gasteiger partial charge in [-0.05, 0) is 31.6 Å². The Morgan fingerprint density at radius 3 is 2.48 bits per heavy atom. The highest BCUT2D eigenvalue weighted by Crippen LogP contribution is 2.39. The average molecular weight is 466 g/mol. The fourth-order valence-electron chi connectivity index (χ4n) is 3.35. The van der Waals surface area contributed by atoms with Crippen molar-refractivity contribution in [3.05, 3.63) is 0 Å². The van der Waals surface area contributed by atoms with Gasteiger partial charge in [-0.25, -0.2) is 0 Å². The number of likely N-dealkylation sites (tertiary alicyclic amines) is 1. The van der Waals surface area contributed by atoms with Crippen LogP contribution in [0.25, 0.3) is 0 Å². The molecule has 0 unspecified atom stereocenters. The molecule has 2 aliphatic heterocycles. The first kappa shape index (κ1) is 22.5. The SMILES string of the molecule is CCNC(=NCCNC(=O)C(C)(C)C)N1CCC2(CCOCC2)C1.I. The molecule has 2 saturated heterocycles. The van der Waals surface area contributed by atoms with E-state index in [4.69, 9.17) is 9.73 Å². The highest BCUT2D eigenvalue weighted by molar-refractivity contribution is 14.0. The van der Waals surface area contributed by atoms with Gasteiger partial charge in [-0.1, -0.05) is 20.8 Å². The first-order valence-corrected chi connectivity index (χ1v) is 9.26. The summed E-state index contributed by atoms with van der Waals surface area (Å²) in [5, 5.41) is 6.36. The van der Waals surface area contributed by atoms with Crippen molar-refractivity contribution in [2.45, 2.75) is 47.0 Å². The number of aliphatic imine (C=N–C) groups is 1. The molecule has 2 N–H and O–H groups in total. The summed E-state index contributed by atoms with van der Waals surface area (Å²) in [5.41, 5.74) is 0.0630. The minimum absolute atomic E-state index is 0. The second-order valence-electron chi connectivity index (χ2n) is 8.03. The highest BCUT2D eigenvalue weighted by Gasteiger charge is 2.40. The third-order valence-electron chi connectivity index (χ3n) is 4.97. The maximum atomic E-state index is 11.9. The number of carbonyl (C=O) groups is 1. The summed E-state index contributed by atoms with van der Waals surface area (Å²) in [5.74, 6) is 1.05. The van der Waals surface area contributed by atoms with E-state index < -0.39 is 0 Å². The van der Waals surface area contributed by atoms with E-state index in [1.807, 2.05) is 20.8 Å². The van der Waals surface area contributed by atoms with Crippen LogP contribution < -0.4 is 10.6 Å². The quantitative estimate of drug-likeness (QED) is 0.289. The van der Waals surface area contributed by atoms with Crippen LogP contribution in [0.2, 0.25) is 0 Å². The van der Waals surface area contributed by atoms with Gasteiger partial charge >= 0.3 is 0 Å². The van der Waals surface area contributed by atoms with Gasteiger partial charge in [0.15, 0.2) is 5.96 Å². The average Bonchev–Trinajstić information content (AvgIpc) is 2.93. The van der Waals surface area contributed by atoms with Gasteiger partial charge in [0.2, 0.25) is 5.91 Å². The molecule has 0 atom stereocenters. The Morgan fingerprint density at radius 2 is 1.88 bits per heavy atom. The van der Waals surface area contributed by atoms with Gasteiger partial charge in [0.05, 0.1) is 6.54 Å². The van der Waals surface area contributed by atoms with Crippen molar-refractivity contribution in [3.8, 4) is 0 Å². The van der Waals surface area contributed by atoms with Crippen LogP contribution in [0.4, 0.5) is 0 Å². The number of hydrogen-bond donors (Lipinski definition) is 2. The van der Waals surface area contributed by atoms with Gasteiger partial charge in [0, 0.05) is 44.8 Å². The van der Waals surface area contributed by atoms with Gasteiger partial charge in [-0.3, -0.25) is 9.79 Å². The zero-order valence-corrected chi connectivity index (χ0v) is 18.5. The Morgan fingerprint density at radius 1 is 1.20 bits per heavy atom. The lowest BCUT2D eigenvalue weighted by Crippen LogP contribution is -2.43. The second-order valence-corrected chi connectivity index (χ2v) is 8.03. The standard InChI is InChI=1S/C18H34N4O2.HI/c1-5-19-16(21-10-9-20-15(23)17(2,3)4)22-11-6-18(14-22)7-12-24-13-8-18;/h5-14H2,1-4H3,(H,19,21)(H,20,23);1H. The van der Waals surface area contributed by atoms with Crippen molar-refractivity contribution < 1.29 is 9.53 Å². The number of nitrogens with one attached hydrogen (secondary N) is 2. The Kier molecular flexibility index (Phi) is 8.94. The van der Waals surface area contributed by atoms with Crippen molar-refractivity contribution in [1.29, 1.82) is 0 Å². The number of nitrogens with zero attached hydrogens (tertiary/aromatic N) is 2. The van der Waals surface area contributed by atoms with E-state index in [1.54, 1.807) is 0 Å². The summed E-state index contributed by atoms with van der Waals surface area (Å²) in [7, 11) is 0. The van der Waals surface area contributed by atoms with Crippen LogP contribution in [0.3, 0.4) is 0 Å². The molecular weight excluding hydrogens is 431 g/mol. The lowest BCUT2D eigenvalue weighted by Gasteiger charge is -2.33. The Balaban J connectivity index is 0.00000312. The van der Waals surface area contributed by atoms with E-state index in [0.717, 1.165) is 51.6 Å². The zero-order valence-electron chi connectivity index (χ0n) is 16.2. The summed E-state index contributed by atoms with van der Waals surface area (Å²) in [6.07, 6.45) is 3.54. The molecule has 146 valence electrons. The molecule has 7 heteroatoms. The summed E-state index contributed by atoms with van der Waals surface area (Å²) in [6, 6.07) is 0. The summed E-state index contributed by atoms with van der Waals surface area (Å²) in [6.45, 7) is 13.8. The molecule has 2 heterocycles. The van der Waals surface area contributed by atoms with Gasteiger partial charge in [0.25, 0.3) is 0 Å². The lowest BCUT2D eigenvalue weighted by molar-refractivity contribution is -0.128. The first-order chi connectivity index (χ1) is 11.4. The first-order valence-electron chi connectivity index (χ1n) is 9.26. The highest BCUT2D eigenvalue weighted by atomic mass is 127. The van der Waals surface area contributed by atoms with Crippen LogP contribution >= 0.6 is 24.0 Å². The number of rotatable bonds is 4. The van der Waals surface area contributed by atoms with E-state index >= 15 is 0 Å². The number of hydrogen-bond acceptors (Lipinski definition) is 3. The van der Waals surface area contributed by atoms with Gasteiger partial charge in [-0.15, -0.1) is 24.0 Å². The molecule has 0 aliphatic carbocycles. The van der Waals surface area contributed by atoms with Crippen LogP contribution in [-0.2, 0) is 9.53 Å². The monoisotopic (exact) mass is 466 g/mol. The van der Waals surface area contributed by atoms with Crippen molar-refractivity contribution in [1.82, 2.24) is 15.5 Å². The van der Waals surface area contributed by atoms with E-state index in [1.165, 1.54) is 6.42 Å². The molecule has 0 aromatic heterocycles. The van der Waals surface area contributed by atoms with E-state index in [-0.39, 0.29) is 35.3 Å². The van der Waals surface area contributed by atoms with Crippen LogP contribution in [-0.4, -0.2) is 62.7 Å². The van der Waals surface area contributed by atoms with Crippen molar-refractivity contribution in [3.63, 3.8) is 0 Å². The minimum atomic E-state index is -0.349. The van der Waals surface area contributed by atoms with Gasteiger partial charge < -0.3 is 20.3 Å². The molecule has 2 aliphatic rings. The van der Waals surface area contributed by atoms with Crippen molar-refractivity contribution in [2.75, 3.05) is 45.9 Å². The van der Waals surface area contributed by atoms with Crippen molar-refractivity contribution >= 4 is 35.8 Å². The number of guanidine groups is 1. The molecule has 6 nitrogen and oxygen atoms in total. The second kappa shape index (κ2) is 9.94. The molecule has 0 saturated carbocycles. The van der Waals surface area contributed by atoms with E-state index in [9.17, 15) is 4.79 Å². The predicted molar refractivity (Wildman–Crippen MR) is 113 cm³/mol. The molecule has 0 aromatic carbocycles. The maximum Gasteiger partial charge on any atom is 0.225 e. The fourth-order valence-corrected chi connectivity index (χ4v) is 3.35. The normalized spacial score (nSPS) is 20.3. The van der Waals surface area contributed by atoms with Gasteiger partial charge in [-0.2, -0.15) is 0 Å². The topological polar surface area (TPSA) is 66.0 Å². The lowest BCUT2D eigenvalue weighted by atomic mass is 9.80. The predicted octanol–water partition coefficient (Wildman–Crippen LogP) is 2.23. The molecule has 0 aromatic rings. The third-order valence-corrected chi connectivity index (χ3v) is 4.97. The number of carbonyl (C=O) groups excluding carboxylic acids is 1. The van der Waals surface area contributed by atoms with Crippen molar-refractivity contribution in [2.24, 2.45) is 15.8 Å². The number of halogens is 1. The molecular formula is C18H35IN4O2. The molecule has 2 fully saturated rings. The molecule has 2 rings (SSSR count). The van der Waals surface area contributed by atoms with Crippen LogP contribution in [0.15, 0.2) is 4.99 Å².